The van der Waals surface area contributed by atoms with Crippen LogP contribution in [0.2, 0.25) is 0 Å². The molecule has 1 heterocycles. The van der Waals surface area contributed by atoms with Gasteiger partial charge in [0, 0.05) is 29.6 Å². The van der Waals surface area contributed by atoms with Gasteiger partial charge in [-0.3, -0.25) is 0 Å². The van der Waals surface area contributed by atoms with Crippen molar-refractivity contribution in [2.45, 2.75) is 64.5 Å². The highest BCUT2D eigenvalue weighted by molar-refractivity contribution is 7.11. The summed E-state index contributed by atoms with van der Waals surface area (Å²) in [6.07, 6.45) is 7.71. The van der Waals surface area contributed by atoms with Crippen LogP contribution in [0.4, 0.5) is 0 Å². The van der Waals surface area contributed by atoms with E-state index in [0.29, 0.717) is 6.10 Å². The molecule has 0 saturated heterocycles. The van der Waals surface area contributed by atoms with Crippen LogP contribution < -0.4 is 5.32 Å². The van der Waals surface area contributed by atoms with Crippen molar-refractivity contribution in [2.75, 3.05) is 13.2 Å². The Hall–Kier alpha value is -0.450. The maximum atomic E-state index is 5.83. The van der Waals surface area contributed by atoms with E-state index in [1.54, 1.807) is 0 Å². The van der Waals surface area contributed by atoms with Gasteiger partial charge in [0.25, 0.3) is 0 Å². The van der Waals surface area contributed by atoms with Crippen LogP contribution in [0.15, 0.2) is 6.20 Å². The first-order valence-electron chi connectivity index (χ1n) is 7.33. The third kappa shape index (κ3) is 4.86. The molecule has 108 valence electrons. The molecular formula is C15H26N2OS. The van der Waals surface area contributed by atoms with Crippen LogP contribution in [0.25, 0.3) is 0 Å². The predicted octanol–water partition coefficient (Wildman–Crippen LogP) is 3.49. The van der Waals surface area contributed by atoms with Crippen molar-refractivity contribution in [1.82, 2.24) is 10.3 Å². The van der Waals surface area contributed by atoms with E-state index in [1.807, 2.05) is 17.5 Å². The number of hydrogen-bond acceptors (Lipinski definition) is 4. The number of hydrogen-bond donors (Lipinski definition) is 1. The maximum absolute atomic E-state index is 5.83. The van der Waals surface area contributed by atoms with E-state index in [0.717, 1.165) is 19.7 Å². The van der Waals surface area contributed by atoms with Crippen molar-refractivity contribution in [2.24, 2.45) is 0 Å². The zero-order chi connectivity index (χ0) is 13.7. The van der Waals surface area contributed by atoms with Crippen molar-refractivity contribution in [3.05, 3.63) is 16.1 Å². The smallest absolute Gasteiger partial charge is 0.0981 e. The molecule has 0 amide bonds. The van der Waals surface area contributed by atoms with E-state index < -0.39 is 0 Å². The first kappa shape index (κ1) is 14.9. The van der Waals surface area contributed by atoms with Gasteiger partial charge in [-0.25, -0.2) is 4.98 Å². The van der Waals surface area contributed by atoms with E-state index in [-0.39, 0.29) is 5.41 Å². The lowest BCUT2D eigenvalue weighted by molar-refractivity contribution is 0.0603. The molecule has 1 aliphatic carbocycles. The molecule has 1 saturated carbocycles. The van der Waals surface area contributed by atoms with Crippen molar-refractivity contribution in [1.29, 1.82) is 0 Å². The number of ether oxygens (including phenoxy) is 1. The summed E-state index contributed by atoms with van der Waals surface area (Å²) in [6, 6.07) is 0. The lowest BCUT2D eigenvalue weighted by Crippen LogP contribution is -2.21. The van der Waals surface area contributed by atoms with Gasteiger partial charge in [0.15, 0.2) is 0 Å². The summed E-state index contributed by atoms with van der Waals surface area (Å²) >= 11 is 1.81. The third-order valence-electron chi connectivity index (χ3n) is 3.43. The molecule has 0 atom stereocenters. The Balaban J connectivity index is 1.61. The quantitative estimate of drug-likeness (QED) is 0.811. The number of aromatic nitrogens is 1. The molecule has 3 nitrogen and oxygen atoms in total. The van der Waals surface area contributed by atoms with Crippen LogP contribution in [0.3, 0.4) is 0 Å². The van der Waals surface area contributed by atoms with Crippen LogP contribution in [0.5, 0.6) is 0 Å². The topological polar surface area (TPSA) is 34.2 Å². The largest absolute Gasteiger partial charge is 0.377 e. The monoisotopic (exact) mass is 282 g/mol. The lowest BCUT2D eigenvalue weighted by atomic mass is 9.98. The second kappa shape index (κ2) is 6.82. The fraction of sp³-hybridized carbons (Fsp3) is 0.800. The fourth-order valence-corrected chi connectivity index (χ4v) is 3.24. The van der Waals surface area contributed by atoms with Crippen LogP contribution in [0.1, 0.15) is 56.3 Å². The molecule has 0 aliphatic heterocycles. The van der Waals surface area contributed by atoms with Crippen molar-refractivity contribution < 1.29 is 4.74 Å². The Morgan fingerprint density at radius 1 is 1.37 bits per heavy atom. The Labute approximate surface area is 120 Å². The van der Waals surface area contributed by atoms with Gasteiger partial charge < -0.3 is 10.1 Å². The lowest BCUT2D eigenvalue weighted by Gasteiger charge is -2.13. The SMILES string of the molecule is CC(C)(C)c1ncc(CNCCOC2CCCC2)s1. The molecular weight excluding hydrogens is 256 g/mol. The van der Waals surface area contributed by atoms with Crippen LogP contribution in [-0.2, 0) is 16.7 Å². The molecule has 1 aliphatic rings. The molecule has 1 N–H and O–H groups in total. The number of nitrogens with zero attached hydrogens (tertiary/aromatic N) is 1. The van der Waals surface area contributed by atoms with Gasteiger partial charge in [0.2, 0.25) is 0 Å². The molecule has 0 spiro atoms. The average Bonchev–Trinajstić information content (AvgIpc) is 2.97. The Kier molecular flexibility index (Phi) is 5.37. The number of nitrogens with one attached hydrogen (secondary N) is 1. The second-order valence-electron chi connectivity index (χ2n) is 6.34. The predicted molar refractivity (Wildman–Crippen MR) is 80.7 cm³/mol. The normalized spacial score (nSPS) is 17.2. The summed E-state index contributed by atoms with van der Waals surface area (Å²) in [5, 5.41) is 4.65. The molecule has 1 fully saturated rings. The van der Waals surface area contributed by atoms with Gasteiger partial charge in [-0.15, -0.1) is 11.3 Å². The molecule has 2 rings (SSSR count). The maximum Gasteiger partial charge on any atom is 0.0981 e. The third-order valence-corrected chi connectivity index (χ3v) is 4.85. The second-order valence-corrected chi connectivity index (χ2v) is 7.45. The van der Waals surface area contributed by atoms with Crippen molar-refractivity contribution >= 4 is 11.3 Å². The first-order valence-corrected chi connectivity index (χ1v) is 8.15. The van der Waals surface area contributed by atoms with Crippen molar-refractivity contribution in [3.63, 3.8) is 0 Å². The van der Waals surface area contributed by atoms with E-state index in [4.69, 9.17) is 4.74 Å². The Morgan fingerprint density at radius 3 is 2.74 bits per heavy atom. The molecule has 4 heteroatoms. The summed E-state index contributed by atoms with van der Waals surface area (Å²) in [4.78, 5) is 5.81. The van der Waals surface area contributed by atoms with Crippen LogP contribution >= 0.6 is 11.3 Å². The van der Waals surface area contributed by atoms with Crippen molar-refractivity contribution in [3.8, 4) is 0 Å². The minimum Gasteiger partial charge on any atom is -0.377 e. The van der Waals surface area contributed by atoms with Gasteiger partial charge in [-0.2, -0.15) is 0 Å². The van der Waals surface area contributed by atoms with Gasteiger partial charge in [-0.1, -0.05) is 33.6 Å². The number of rotatable bonds is 6. The average molecular weight is 282 g/mol. The van der Waals surface area contributed by atoms with Crippen LogP contribution in [-0.4, -0.2) is 24.2 Å². The molecule has 0 radical (unpaired) electrons. The highest BCUT2D eigenvalue weighted by atomic mass is 32.1. The van der Waals surface area contributed by atoms with E-state index in [9.17, 15) is 0 Å². The standard InChI is InChI=1S/C15H26N2OS/c1-15(2,3)14-17-11-13(19-14)10-16-8-9-18-12-6-4-5-7-12/h11-12,16H,4-10H2,1-3H3. The van der Waals surface area contributed by atoms with Gasteiger partial charge >= 0.3 is 0 Å². The molecule has 0 unspecified atom stereocenters. The summed E-state index contributed by atoms with van der Waals surface area (Å²) in [6.45, 7) is 9.28. The first-order chi connectivity index (χ1) is 9.05. The Bertz CT molecular complexity index is 378. The van der Waals surface area contributed by atoms with Gasteiger partial charge in [0.05, 0.1) is 17.7 Å². The molecule has 1 aromatic rings. The van der Waals surface area contributed by atoms with Gasteiger partial charge in [0.1, 0.15) is 0 Å². The molecule has 0 bridgehead atoms. The zero-order valence-corrected chi connectivity index (χ0v) is 13.2. The summed E-state index contributed by atoms with van der Waals surface area (Å²) < 4.78 is 5.83. The highest BCUT2D eigenvalue weighted by Crippen LogP contribution is 2.26. The van der Waals surface area contributed by atoms with Crippen LogP contribution in [0, 0.1) is 0 Å². The van der Waals surface area contributed by atoms with E-state index >= 15 is 0 Å². The van der Waals surface area contributed by atoms with E-state index in [2.05, 4.69) is 31.1 Å². The minimum atomic E-state index is 0.161. The fourth-order valence-electron chi connectivity index (χ4n) is 2.30. The molecule has 1 aromatic heterocycles. The zero-order valence-electron chi connectivity index (χ0n) is 12.4. The molecule has 0 aromatic carbocycles. The minimum absolute atomic E-state index is 0.161. The summed E-state index contributed by atoms with van der Waals surface area (Å²) in [5.74, 6) is 0. The molecule has 19 heavy (non-hydrogen) atoms. The summed E-state index contributed by atoms with van der Waals surface area (Å²) in [5.41, 5.74) is 0.161. The van der Waals surface area contributed by atoms with E-state index in [1.165, 1.54) is 35.6 Å². The Morgan fingerprint density at radius 2 is 2.11 bits per heavy atom. The van der Waals surface area contributed by atoms with Gasteiger partial charge in [-0.05, 0) is 12.8 Å². The number of thiazole rings is 1. The highest BCUT2D eigenvalue weighted by Gasteiger charge is 2.18. The summed E-state index contributed by atoms with van der Waals surface area (Å²) in [7, 11) is 0.